The molecule has 1 fully saturated rings. The van der Waals surface area contributed by atoms with Gasteiger partial charge in [-0.05, 0) is 25.2 Å². The van der Waals surface area contributed by atoms with E-state index in [-0.39, 0.29) is 17.4 Å². The van der Waals surface area contributed by atoms with Gasteiger partial charge in [-0.2, -0.15) is 0 Å². The molecule has 3 heteroatoms. The summed E-state index contributed by atoms with van der Waals surface area (Å²) >= 11 is 0. The number of nitrogens with zero attached hydrogens (tertiary/aromatic N) is 1. The molecule has 1 rings (SSSR count). The Balaban J connectivity index is 2.35. The molecule has 1 N–H and O–H groups in total. The van der Waals surface area contributed by atoms with E-state index in [1.165, 1.54) is 25.7 Å². The molecule has 0 heterocycles. The van der Waals surface area contributed by atoms with Crippen LogP contribution in [-0.2, 0) is 4.79 Å². The van der Waals surface area contributed by atoms with Gasteiger partial charge in [-0.25, -0.2) is 0 Å². The largest absolute Gasteiger partial charge is 0.341 e. The molecular weight excluding hydrogens is 212 g/mol. The smallest absolute Gasteiger partial charge is 0.236 e. The van der Waals surface area contributed by atoms with Gasteiger partial charge >= 0.3 is 0 Å². The van der Waals surface area contributed by atoms with E-state index in [1.807, 2.05) is 11.9 Å². The van der Waals surface area contributed by atoms with E-state index < -0.39 is 0 Å². The van der Waals surface area contributed by atoms with Gasteiger partial charge in [0.05, 0.1) is 6.54 Å². The maximum absolute atomic E-state index is 12.1. The van der Waals surface area contributed by atoms with Crippen molar-refractivity contribution in [2.45, 2.75) is 65.5 Å². The molecule has 0 spiro atoms. The summed E-state index contributed by atoms with van der Waals surface area (Å²) in [7, 11) is 1.91. The summed E-state index contributed by atoms with van der Waals surface area (Å²) in [5.74, 6) is 0.208. The fourth-order valence-electron chi connectivity index (χ4n) is 2.28. The van der Waals surface area contributed by atoms with Gasteiger partial charge in [-0.3, -0.25) is 4.79 Å². The summed E-state index contributed by atoms with van der Waals surface area (Å²) in [6, 6.07) is 0.831. The quantitative estimate of drug-likeness (QED) is 0.818. The van der Waals surface area contributed by atoms with Gasteiger partial charge in [-0.15, -0.1) is 0 Å². The molecule has 0 aliphatic heterocycles. The molecule has 1 unspecified atom stereocenters. The highest BCUT2D eigenvalue weighted by Crippen LogP contribution is 2.23. The number of nitrogens with one attached hydrogen (secondary N) is 1. The molecule has 0 aromatic rings. The Hall–Kier alpha value is -0.570. The molecule has 0 radical (unpaired) electrons. The van der Waals surface area contributed by atoms with Gasteiger partial charge in [0.2, 0.25) is 5.91 Å². The van der Waals surface area contributed by atoms with Crippen molar-refractivity contribution < 1.29 is 4.79 Å². The fourth-order valence-corrected chi connectivity index (χ4v) is 2.28. The Morgan fingerprint density at radius 1 is 1.35 bits per heavy atom. The van der Waals surface area contributed by atoms with Gasteiger partial charge < -0.3 is 10.2 Å². The lowest BCUT2D eigenvalue weighted by molar-refractivity contribution is -0.132. The molecule has 1 aliphatic carbocycles. The average molecular weight is 240 g/mol. The van der Waals surface area contributed by atoms with Crippen molar-refractivity contribution in [1.82, 2.24) is 10.2 Å². The lowest BCUT2D eigenvalue weighted by atomic mass is 9.87. The molecule has 3 nitrogen and oxygen atoms in total. The number of rotatable bonds is 4. The van der Waals surface area contributed by atoms with Crippen LogP contribution in [0.2, 0.25) is 0 Å². The molecule has 0 aromatic heterocycles. The zero-order valence-corrected chi connectivity index (χ0v) is 12.0. The minimum atomic E-state index is 0.137. The molecule has 0 aromatic carbocycles. The van der Waals surface area contributed by atoms with Crippen LogP contribution in [0.3, 0.4) is 0 Å². The molecule has 100 valence electrons. The summed E-state index contributed by atoms with van der Waals surface area (Å²) in [6.45, 7) is 9.12. The summed E-state index contributed by atoms with van der Waals surface area (Å²) in [6.07, 6.45) is 5.07. The van der Waals surface area contributed by atoms with Crippen molar-refractivity contribution in [2.75, 3.05) is 13.6 Å². The van der Waals surface area contributed by atoms with Crippen LogP contribution in [0.1, 0.15) is 53.4 Å². The van der Waals surface area contributed by atoms with Gasteiger partial charge in [0.1, 0.15) is 0 Å². The SMILES string of the molecule is CC(N(C)C(=O)CNC1CCCC1)C(C)(C)C. The van der Waals surface area contributed by atoms with Crippen LogP contribution in [0.15, 0.2) is 0 Å². The molecule has 1 amide bonds. The summed E-state index contributed by atoms with van der Waals surface area (Å²) in [4.78, 5) is 13.9. The first-order valence-corrected chi connectivity index (χ1v) is 6.81. The van der Waals surface area contributed by atoms with Crippen molar-refractivity contribution >= 4 is 5.91 Å². The third-order valence-corrected chi connectivity index (χ3v) is 4.12. The third-order valence-electron chi connectivity index (χ3n) is 4.12. The van der Waals surface area contributed by atoms with Gasteiger partial charge in [0.15, 0.2) is 0 Å². The van der Waals surface area contributed by atoms with Gasteiger partial charge in [0, 0.05) is 19.1 Å². The Kier molecular flexibility index (Phi) is 4.99. The molecule has 1 aliphatic rings. The molecule has 1 saturated carbocycles. The Bertz CT molecular complexity index is 251. The van der Waals surface area contributed by atoms with Crippen LogP contribution >= 0.6 is 0 Å². The standard InChI is InChI=1S/C14H28N2O/c1-11(14(2,3)4)16(5)13(17)10-15-12-8-6-7-9-12/h11-12,15H,6-10H2,1-5H3. The highest BCUT2D eigenvalue weighted by molar-refractivity contribution is 5.78. The topological polar surface area (TPSA) is 32.3 Å². The predicted molar refractivity (Wildman–Crippen MR) is 71.9 cm³/mol. The van der Waals surface area contributed by atoms with E-state index in [9.17, 15) is 4.79 Å². The molecule has 1 atom stereocenters. The van der Waals surface area contributed by atoms with Crippen LogP contribution in [-0.4, -0.2) is 36.5 Å². The minimum Gasteiger partial charge on any atom is -0.341 e. The first-order chi connectivity index (χ1) is 7.82. The van der Waals surface area contributed by atoms with E-state index in [2.05, 4.69) is 33.0 Å². The maximum atomic E-state index is 12.1. The van der Waals surface area contributed by atoms with Gasteiger partial charge in [-0.1, -0.05) is 33.6 Å². The highest BCUT2D eigenvalue weighted by Gasteiger charge is 2.27. The number of amides is 1. The van der Waals surface area contributed by atoms with Crippen LogP contribution < -0.4 is 5.32 Å². The van der Waals surface area contributed by atoms with E-state index in [4.69, 9.17) is 0 Å². The van der Waals surface area contributed by atoms with Crippen molar-refractivity contribution in [3.63, 3.8) is 0 Å². The predicted octanol–water partition coefficient (Wildman–Crippen LogP) is 2.41. The van der Waals surface area contributed by atoms with E-state index in [0.29, 0.717) is 12.6 Å². The number of hydrogen-bond acceptors (Lipinski definition) is 2. The van der Waals surface area contributed by atoms with Crippen LogP contribution in [0.25, 0.3) is 0 Å². The molecule has 0 bridgehead atoms. The monoisotopic (exact) mass is 240 g/mol. The second kappa shape index (κ2) is 5.85. The second-order valence-corrected chi connectivity index (χ2v) is 6.41. The fraction of sp³-hybridized carbons (Fsp3) is 0.929. The lowest BCUT2D eigenvalue weighted by Gasteiger charge is -2.35. The number of likely N-dealkylation sites (N-methyl/N-ethyl adjacent to an activating group) is 1. The van der Waals surface area contributed by atoms with Crippen molar-refractivity contribution in [3.8, 4) is 0 Å². The molecule has 0 saturated heterocycles. The Morgan fingerprint density at radius 3 is 2.35 bits per heavy atom. The second-order valence-electron chi connectivity index (χ2n) is 6.41. The third kappa shape index (κ3) is 4.30. The summed E-state index contributed by atoms with van der Waals surface area (Å²) in [5.41, 5.74) is 0.137. The number of carbonyl (C=O) groups excluding carboxylic acids is 1. The zero-order valence-electron chi connectivity index (χ0n) is 12.0. The number of hydrogen-bond donors (Lipinski definition) is 1. The lowest BCUT2D eigenvalue weighted by Crippen LogP contribution is -2.47. The highest BCUT2D eigenvalue weighted by atomic mass is 16.2. The van der Waals surface area contributed by atoms with Crippen LogP contribution in [0.5, 0.6) is 0 Å². The average Bonchev–Trinajstić information content (AvgIpc) is 2.75. The van der Waals surface area contributed by atoms with Crippen molar-refractivity contribution in [2.24, 2.45) is 5.41 Å². The Labute approximate surface area is 106 Å². The maximum Gasteiger partial charge on any atom is 0.236 e. The summed E-state index contributed by atoms with van der Waals surface area (Å²) in [5, 5.41) is 3.38. The molecule has 17 heavy (non-hydrogen) atoms. The number of carbonyl (C=O) groups is 1. The zero-order chi connectivity index (χ0) is 13.1. The van der Waals surface area contributed by atoms with E-state index >= 15 is 0 Å². The first-order valence-electron chi connectivity index (χ1n) is 6.81. The minimum absolute atomic E-state index is 0.137. The Morgan fingerprint density at radius 2 is 1.88 bits per heavy atom. The molecular formula is C14H28N2O. The van der Waals surface area contributed by atoms with Crippen LogP contribution in [0, 0.1) is 5.41 Å². The van der Waals surface area contributed by atoms with E-state index in [0.717, 1.165) is 0 Å². The van der Waals surface area contributed by atoms with Crippen LogP contribution in [0.4, 0.5) is 0 Å². The van der Waals surface area contributed by atoms with Gasteiger partial charge in [0.25, 0.3) is 0 Å². The van der Waals surface area contributed by atoms with Crippen molar-refractivity contribution in [1.29, 1.82) is 0 Å². The first kappa shape index (κ1) is 14.5. The normalized spacial score (nSPS) is 19.4. The van der Waals surface area contributed by atoms with Crippen molar-refractivity contribution in [3.05, 3.63) is 0 Å². The van der Waals surface area contributed by atoms with E-state index in [1.54, 1.807) is 0 Å². The summed E-state index contributed by atoms with van der Waals surface area (Å²) < 4.78 is 0.